The number of ether oxygens (including phenoxy) is 1. The van der Waals surface area contributed by atoms with Gasteiger partial charge in [0.1, 0.15) is 23.9 Å². The second-order valence-electron chi connectivity index (χ2n) is 8.26. The molecular weight excluding hydrogens is 450 g/mol. The standard InChI is InChI=1S/C29H25N5O2/c1-36-26-9-5-4-8-24(26)25-17-27(32-18-31-25)33-22-12-14-23(15-13-22)34-29(35)28(30)21-11-10-19-6-2-3-7-20(19)16-21/h2-18,28H,30H2,1H3,(H,34,35)(H,31,32,33). The summed E-state index contributed by atoms with van der Waals surface area (Å²) < 4.78 is 5.44. The summed E-state index contributed by atoms with van der Waals surface area (Å²) in [6, 6.07) is 29.9. The largest absolute Gasteiger partial charge is 0.496 e. The Balaban J connectivity index is 1.26. The van der Waals surface area contributed by atoms with Crippen LogP contribution in [0.25, 0.3) is 22.0 Å². The van der Waals surface area contributed by atoms with Crippen LogP contribution in [0.5, 0.6) is 5.75 Å². The molecule has 1 aromatic heterocycles. The van der Waals surface area contributed by atoms with Gasteiger partial charge >= 0.3 is 0 Å². The number of fused-ring (bicyclic) bond motifs is 1. The minimum Gasteiger partial charge on any atom is -0.496 e. The molecule has 7 heteroatoms. The summed E-state index contributed by atoms with van der Waals surface area (Å²) in [5.74, 6) is 1.11. The number of nitrogens with one attached hydrogen (secondary N) is 2. The number of aromatic nitrogens is 2. The topological polar surface area (TPSA) is 102 Å². The predicted molar refractivity (Wildman–Crippen MR) is 143 cm³/mol. The Morgan fingerprint density at radius 1 is 0.833 bits per heavy atom. The van der Waals surface area contributed by atoms with Crippen LogP contribution in [0.3, 0.4) is 0 Å². The summed E-state index contributed by atoms with van der Waals surface area (Å²) in [6.45, 7) is 0. The first-order valence-electron chi connectivity index (χ1n) is 11.5. The first kappa shape index (κ1) is 23.0. The fraction of sp³-hybridized carbons (Fsp3) is 0.0690. The van der Waals surface area contributed by atoms with E-state index in [0.29, 0.717) is 11.5 Å². The highest BCUT2D eigenvalue weighted by atomic mass is 16.5. The van der Waals surface area contributed by atoms with Crippen molar-refractivity contribution in [3.8, 4) is 17.0 Å². The molecule has 0 aliphatic rings. The van der Waals surface area contributed by atoms with Crippen LogP contribution in [0.15, 0.2) is 103 Å². The van der Waals surface area contributed by atoms with Crippen molar-refractivity contribution >= 4 is 33.9 Å². The van der Waals surface area contributed by atoms with Gasteiger partial charge in [-0.05, 0) is 58.8 Å². The van der Waals surface area contributed by atoms with Crippen molar-refractivity contribution in [2.75, 3.05) is 17.7 Å². The third-order valence-electron chi connectivity index (χ3n) is 5.89. The van der Waals surface area contributed by atoms with Gasteiger partial charge in [0.25, 0.3) is 0 Å². The molecule has 1 amide bonds. The minimum atomic E-state index is -0.776. The minimum absolute atomic E-state index is 0.275. The summed E-state index contributed by atoms with van der Waals surface area (Å²) in [4.78, 5) is 21.5. The number of methoxy groups -OCH3 is 1. The van der Waals surface area contributed by atoms with Crippen LogP contribution < -0.4 is 21.1 Å². The fourth-order valence-corrected chi connectivity index (χ4v) is 3.99. The van der Waals surface area contributed by atoms with Crippen LogP contribution in [-0.2, 0) is 4.79 Å². The molecule has 7 nitrogen and oxygen atoms in total. The molecule has 0 aliphatic carbocycles. The number of carbonyl (C=O) groups is 1. The number of rotatable bonds is 7. The average Bonchev–Trinajstić information content (AvgIpc) is 2.93. The molecule has 5 aromatic rings. The smallest absolute Gasteiger partial charge is 0.245 e. The zero-order valence-electron chi connectivity index (χ0n) is 19.7. The molecule has 36 heavy (non-hydrogen) atoms. The Labute approximate surface area is 209 Å². The Morgan fingerprint density at radius 3 is 2.36 bits per heavy atom. The maximum absolute atomic E-state index is 12.8. The third-order valence-corrected chi connectivity index (χ3v) is 5.89. The number of benzene rings is 4. The van der Waals surface area contributed by atoms with Crippen LogP contribution in [0.2, 0.25) is 0 Å². The number of anilines is 3. The summed E-state index contributed by atoms with van der Waals surface area (Å²) in [6.07, 6.45) is 1.51. The number of carbonyl (C=O) groups excluding carboxylic acids is 1. The summed E-state index contributed by atoms with van der Waals surface area (Å²) >= 11 is 0. The van der Waals surface area contributed by atoms with Gasteiger partial charge in [-0.25, -0.2) is 9.97 Å². The van der Waals surface area contributed by atoms with Gasteiger partial charge < -0.3 is 21.1 Å². The molecule has 4 aromatic carbocycles. The van der Waals surface area contributed by atoms with E-state index in [9.17, 15) is 4.79 Å². The lowest BCUT2D eigenvalue weighted by Gasteiger charge is -2.14. The zero-order chi connectivity index (χ0) is 24.9. The van der Waals surface area contributed by atoms with E-state index < -0.39 is 6.04 Å². The molecule has 5 rings (SSSR count). The second kappa shape index (κ2) is 10.2. The highest BCUT2D eigenvalue weighted by Gasteiger charge is 2.16. The monoisotopic (exact) mass is 475 g/mol. The molecule has 0 saturated heterocycles. The molecule has 0 spiro atoms. The van der Waals surface area contributed by atoms with Crippen molar-refractivity contribution in [2.24, 2.45) is 5.73 Å². The molecule has 1 unspecified atom stereocenters. The highest BCUT2D eigenvalue weighted by molar-refractivity contribution is 5.96. The number of hydrogen-bond donors (Lipinski definition) is 3. The molecule has 0 radical (unpaired) electrons. The van der Waals surface area contributed by atoms with Crippen LogP contribution >= 0.6 is 0 Å². The van der Waals surface area contributed by atoms with E-state index >= 15 is 0 Å². The normalized spacial score (nSPS) is 11.6. The highest BCUT2D eigenvalue weighted by Crippen LogP contribution is 2.29. The van der Waals surface area contributed by atoms with E-state index in [2.05, 4.69) is 20.6 Å². The molecule has 178 valence electrons. The maximum atomic E-state index is 12.8. The third kappa shape index (κ3) is 5.01. The Hall–Kier alpha value is -4.75. The zero-order valence-corrected chi connectivity index (χ0v) is 19.7. The molecule has 1 atom stereocenters. The van der Waals surface area contributed by atoms with E-state index in [4.69, 9.17) is 10.5 Å². The van der Waals surface area contributed by atoms with E-state index in [1.54, 1.807) is 7.11 Å². The number of para-hydroxylation sites is 1. The lowest BCUT2D eigenvalue weighted by Crippen LogP contribution is -2.27. The summed E-state index contributed by atoms with van der Waals surface area (Å²) in [7, 11) is 1.63. The van der Waals surface area contributed by atoms with Crippen molar-refractivity contribution in [3.63, 3.8) is 0 Å². The number of nitrogens with zero attached hydrogens (tertiary/aromatic N) is 2. The van der Waals surface area contributed by atoms with E-state index in [1.165, 1.54) is 6.33 Å². The predicted octanol–water partition coefficient (Wildman–Crippen LogP) is 5.69. The van der Waals surface area contributed by atoms with Crippen LogP contribution in [0.1, 0.15) is 11.6 Å². The summed E-state index contributed by atoms with van der Waals surface area (Å²) in [5, 5.41) is 8.32. The van der Waals surface area contributed by atoms with Gasteiger partial charge in [-0.2, -0.15) is 0 Å². The number of amides is 1. The molecule has 0 fully saturated rings. The van der Waals surface area contributed by atoms with Crippen molar-refractivity contribution in [1.29, 1.82) is 0 Å². The van der Waals surface area contributed by atoms with Gasteiger partial charge in [-0.3, -0.25) is 4.79 Å². The Bertz CT molecular complexity index is 1520. The quantitative estimate of drug-likeness (QED) is 0.280. The van der Waals surface area contributed by atoms with E-state index in [1.807, 2.05) is 97.1 Å². The van der Waals surface area contributed by atoms with Gasteiger partial charge in [0.05, 0.1) is 12.8 Å². The van der Waals surface area contributed by atoms with Gasteiger partial charge in [0.15, 0.2) is 0 Å². The Morgan fingerprint density at radius 2 is 1.56 bits per heavy atom. The Kier molecular flexibility index (Phi) is 6.55. The lowest BCUT2D eigenvalue weighted by molar-refractivity contribution is -0.117. The number of hydrogen-bond acceptors (Lipinski definition) is 6. The SMILES string of the molecule is COc1ccccc1-c1cc(Nc2ccc(NC(=O)C(N)c3ccc4ccccc4c3)cc2)ncn1. The van der Waals surface area contributed by atoms with E-state index in [-0.39, 0.29) is 5.91 Å². The van der Waals surface area contributed by atoms with Gasteiger partial charge in [0, 0.05) is 23.0 Å². The molecular formula is C29H25N5O2. The van der Waals surface area contributed by atoms with Crippen molar-refractivity contribution in [1.82, 2.24) is 9.97 Å². The van der Waals surface area contributed by atoms with E-state index in [0.717, 1.165) is 39.0 Å². The first-order valence-corrected chi connectivity index (χ1v) is 11.5. The fourth-order valence-electron chi connectivity index (χ4n) is 3.99. The second-order valence-corrected chi connectivity index (χ2v) is 8.26. The van der Waals surface area contributed by atoms with Crippen LogP contribution in [0.4, 0.5) is 17.2 Å². The lowest BCUT2D eigenvalue weighted by atomic mass is 10.0. The van der Waals surface area contributed by atoms with Crippen molar-refractivity contribution in [3.05, 3.63) is 109 Å². The molecule has 0 bridgehead atoms. The van der Waals surface area contributed by atoms with Crippen LogP contribution in [0, 0.1) is 0 Å². The molecule has 0 aliphatic heterocycles. The van der Waals surface area contributed by atoms with Crippen molar-refractivity contribution < 1.29 is 9.53 Å². The molecule has 4 N–H and O–H groups in total. The first-order chi connectivity index (χ1) is 17.6. The molecule has 1 heterocycles. The molecule has 0 saturated carbocycles. The van der Waals surface area contributed by atoms with Crippen molar-refractivity contribution in [2.45, 2.75) is 6.04 Å². The summed E-state index contributed by atoms with van der Waals surface area (Å²) in [5.41, 5.74) is 10.1. The van der Waals surface area contributed by atoms with Gasteiger partial charge in [-0.1, -0.05) is 48.5 Å². The maximum Gasteiger partial charge on any atom is 0.245 e. The van der Waals surface area contributed by atoms with Gasteiger partial charge in [-0.15, -0.1) is 0 Å². The van der Waals surface area contributed by atoms with Crippen LogP contribution in [-0.4, -0.2) is 23.0 Å². The average molecular weight is 476 g/mol. The van der Waals surface area contributed by atoms with Gasteiger partial charge in [0.2, 0.25) is 5.91 Å². The number of nitrogens with two attached hydrogens (primary N) is 1.